The standard InChI is InChI=1S/C21H14Cl4N2O3/c22-14-7-8-15(17(24)10-14)20(26)27-30-21(28)13-4-1-3-12(9-13)11-29-18-6-2-5-16(23)19(18)25/h1-10H,11H2,(H2,26,27). The zero-order valence-electron chi connectivity index (χ0n) is 15.2. The summed E-state index contributed by atoms with van der Waals surface area (Å²) >= 11 is 24.0. The van der Waals surface area contributed by atoms with E-state index in [0.29, 0.717) is 31.4 Å². The molecule has 3 rings (SSSR count). The number of nitrogens with two attached hydrogens (primary N) is 1. The van der Waals surface area contributed by atoms with Gasteiger partial charge in [-0.1, -0.05) is 69.8 Å². The van der Waals surface area contributed by atoms with E-state index in [1.807, 2.05) is 0 Å². The Balaban J connectivity index is 1.67. The highest BCUT2D eigenvalue weighted by Gasteiger charge is 2.12. The minimum atomic E-state index is -0.689. The average Bonchev–Trinajstić information content (AvgIpc) is 2.73. The van der Waals surface area contributed by atoms with Gasteiger partial charge < -0.3 is 15.3 Å². The van der Waals surface area contributed by atoms with Crippen molar-refractivity contribution in [2.24, 2.45) is 10.9 Å². The van der Waals surface area contributed by atoms with Gasteiger partial charge in [-0.3, -0.25) is 0 Å². The molecule has 2 N–H and O–H groups in total. The van der Waals surface area contributed by atoms with Crippen LogP contribution in [0.4, 0.5) is 0 Å². The number of carbonyl (C=O) groups excluding carboxylic acids is 1. The molecule has 30 heavy (non-hydrogen) atoms. The van der Waals surface area contributed by atoms with Crippen LogP contribution in [0.25, 0.3) is 0 Å². The highest BCUT2D eigenvalue weighted by molar-refractivity contribution is 6.42. The van der Waals surface area contributed by atoms with Crippen LogP contribution in [0.5, 0.6) is 5.75 Å². The zero-order chi connectivity index (χ0) is 21.7. The highest BCUT2D eigenvalue weighted by Crippen LogP contribution is 2.32. The molecule has 0 spiro atoms. The number of halogens is 4. The van der Waals surface area contributed by atoms with Gasteiger partial charge in [0.05, 0.1) is 15.6 Å². The van der Waals surface area contributed by atoms with E-state index < -0.39 is 5.97 Å². The van der Waals surface area contributed by atoms with Gasteiger partial charge in [0.15, 0.2) is 5.84 Å². The number of hydrogen-bond donors (Lipinski definition) is 1. The average molecular weight is 484 g/mol. The molecule has 0 unspecified atom stereocenters. The first-order valence-corrected chi connectivity index (χ1v) is 10.0. The molecule has 0 saturated heterocycles. The molecule has 0 aliphatic rings. The molecule has 9 heteroatoms. The number of oxime groups is 1. The summed E-state index contributed by atoms with van der Waals surface area (Å²) in [6.07, 6.45) is 0. The van der Waals surface area contributed by atoms with Gasteiger partial charge in [0.1, 0.15) is 17.4 Å². The second kappa shape index (κ2) is 10.0. The Morgan fingerprint density at radius 1 is 0.933 bits per heavy atom. The Bertz CT molecular complexity index is 1120. The Kier molecular flexibility index (Phi) is 7.45. The third kappa shape index (κ3) is 5.58. The fourth-order valence-electron chi connectivity index (χ4n) is 2.43. The summed E-state index contributed by atoms with van der Waals surface area (Å²) in [7, 11) is 0. The minimum Gasteiger partial charge on any atom is -0.487 e. The summed E-state index contributed by atoms with van der Waals surface area (Å²) in [5, 5.41) is 5.11. The molecule has 0 radical (unpaired) electrons. The lowest BCUT2D eigenvalue weighted by Gasteiger charge is -2.09. The first-order chi connectivity index (χ1) is 14.3. The molecule has 0 heterocycles. The van der Waals surface area contributed by atoms with Gasteiger partial charge in [-0.2, -0.15) is 0 Å². The summed E-state index contributed by atoms with van der Waals surface area (Å²) in [6, 6.07) is 16.5. The summed E-state index contributed by atoms with van der Waals surface area (Å²) in [5.74, 6) is -0.305. The molecule has 3 aromatic rings. The van der Waals surface area contributed by atoms with Crippen LogP contribution >= 0.6 is 46.4 Å². The fourth-order valence-corrected chi connectivity index (χ4v) is 3.29. The van der Waals surface area contributed by atoms with E-state index in [0.717, 1.165) is 5.56 Å². The van der Waals surface area contributed by atoms with Gasteiger partial charge in [0, 0.05) is 10.6 Å². The third-order valence-electron chi connectivity index (χ3n) is 3.91. The summed E-state index contributed by atoms with van der Waals surface area (Å²) < 4.78 is 5.68. The minimum absolute atomic E-state index is 0.0555. The number of rotatable bonds is 6. The lowest BCUT2D eigenvalue weighted by Crippen LogP contribution is -2.16. The molecule has 3 aromatic carbocycles. The van der Waals surface area contributed by atoms with E-state index in [2.05, 4.69) is 5.16 Å². The van der Waals surface area contributed by atoms with Crippen LogP contribution in [0.2, 0.25) is 20.1 Å². The Labute approximate surface area is 192 Å². The van der Waals surface area contributed by atoms with Crippen molar-refractivity contribution in [1.29, 1.82) is 0 Å². The molecule has 0 aliphatic carbocycles. The van der Waals surface area contributed by atoms with Crippen molar-refractivity contribution in [3.63, 3.8) is 0 Å². The first kappa shape index (κ1) is 22.2. The molecule has 0 aliphatic heterocycles. The van der Waals surface area contributed by atoms with Gasteiger partial charge >= 0.3 is 5.97 Å². The predicted octanol–water partition coefficient (Wildman–Crippen LogP) is 6.36. The van der Waals surface area contributed by atoms with Crippen molar-refractivity contribution < 1.29 is 14.4 Å². The smallest absolute Gasteiger partial charge is 0.365 e. The van der Waals surface area contributed by atoms with Crippen LogP contribution in [-0.4, -0.2) is 11.8 Å². The number of nitrogens with zero attached hydrogens (tertiary/aromatic N) is 1. The van der Waals surface area contributed by atoms with Gasteiger partial charge in [0.2, 0.25) is 0 Å². The van der Waals surface area contributed by atoms with E-state index in [1.54, 1.807) is 54.6 Å². The third-order valence-corrected chi connectivity index (χ3v) is 5.26. The molecule has 0 atom stereocenters. The number of amidine groups is 1. The van der Waals surface area contributed by atoms with Crippen LogP contribution in [0.3, 0.4) is 0 Å². The molecular formula is C21H14Cl4N2O3. The fraction of sp³-hybridized carbons (Fsp3) is 0.0476. The number of hydrogen-bond acceptors (Lipinski definition) is 4. The highest BCUT2D eigenvalue weighted by atomic mass is 35.5. The van der Waals surface area contributed by atoms with Crippen molar-refractivity contribution in [3.8, 4) is 5.75 Å². The molecule has 0 aromatic heterocycles. The van der Waals surface area contributed by atoms with Gasteiger partial charge in [-0.25, -0.2) is 4.79 Å². The summed E-state index contributed by atoms with van der Waals surface area (Å²) in [5.41, 5.74) is 7.23. The molecule has 154 valence electrons. The molecule has 0 saturated carbocycles. The molecule has 0 bridgehead atoms. The van der Waals surface area contributed by atoms with E-state index >= 15 is 0 Å². The van der Waals surface area contributed by atoms with Crippen molar-refractivity contribution >= 4 is 58.2 Å². The first-order valence-electron chi connectivity index (χ1n) is 8.51. The van der Waals surface area contributed by atoms with Gasteiger partial charge in [0.25, 0.3) is 0 Å². The summed E-state index contributed by atoms with van der Waals surface area (Å²) in [4.78, 5) is 17.3. The zero-order valence-corrected chi connectivity index (χ0v) is 18.3. The second-order valence-electron chi connectivity index (χ2n) is 6.02. The summed E-state index contributed by atoms with van der Waals surface area (Å²) in [6.45, 7) is 0.174. The molecule has 0 amide bonds. The van der Waals surface area contributed by atoms with Crippen LogP contribution in [-0.2, 0) is 11.4 Å². The van der Waals surface area contributed by atoms with E-state index in [-0.39, 0.29) is 18.0 Å². The van der Waals surface area contributed by atoms with Crippen LogP contribution in [0, 0.1) is 0 Å². The maximum absolute atomic E-state index is 12.3. The maximum atomic E-state index is 12.3. The Hall–Kier alpha value is -2.44. The Morgan fingerprint density at radius 3 is 2.47 bits per heavy atom. The lowest BCUT2D eigenvalue weighted by atomic mass is 10.1. The topological polar surface area (TPSA) is 73.9 Å². The SMILES string of the molecule is N/C(=N\OC(=O)c1cccc(COc2cccc(Cl)c2Cl)c1)c1ccc(Cl)cc1Cl. The number of benzene rings is 3. The molecule has 5 nitrogen and oxygen atoms in total. The monoisotopic (exact) mass is 482 g/mol. The quantitative estimate of drug-likeness (QED) is 0.191. The van der Waals surface area contributed by atoms with Crippen LogP contribution in [0.15, 0.2) is 65.8 Å². The van der Waals surface area contributed by atoms with E-state index in [9.17, 15) is 4.79 Å². The Morgan fingerprint density at radius 2 is 1.70 bits per heavy atom. The molecule has 0 fully saturated rings. The van der Waals surface area contributed by atoms with Crippen molar-refractivity contribution in [1.82, 2.24) is 0 Å². The maximum Gasteiger partial charge on any atom is 0.365 e. The van der Waals surface area contributed by atoms with Crippen LogP contribution < -0.4 is 10.5 Å². The predicted molar refractivity (Wildman–Crippen MR) is 120 cm³/mol. The van der Waals surface area contributed by atoms with Crippen molar-refractivity contribution in [2.45, 2.75) is 6.61 Å². The van der Waals surface area contributed by atoms with Crippen molar-refractivity contribution in [3.05, 3.63) is 97.4 Å². The van der Waals surface area contributed by atoms with E-state index in [1.165, 1.54) is 6.07 Å². The second-order valence-corrected chi connectivity index (χ2v) is 7.65. The van der Waals surface area contributed by atoms with Gasteiger partial charge in [-0.05, 0) is 48.0 Å². The van der Waals surface area contributed by atoms with E-state index in [4.69, 9.17) is 61.7 Å². The van der Waals surface area contributed by atoms with Crippen LogP contribution in [0.1, 0.15) is 21.5 Å². The number of carbonyl (C=O) groups is 1. The largest absolute Gasteiger partial charge is 0.487 e. The van der Waals surface area contributed by atoms with Crippen molar-refractivity contribution in [2.75, 3.05) is 0 Å². The normalized spacial score (nSPS) is 11.3. The number of ether oxygens (including phenoxy) is 1. The molecular weight excluding hydrogens is 470 g/mol. The lowest BCUT2D eigenvalue weighted by molar-refractivity contribution is 0.0516. The van der Waals surface area contributed by atoms with Gasteiger partial charge in [-0.15, -0.1) is 0 Å².